The maximum atomic E-state index is 14.2. The van der Waals surface area contributed by atoms with Crippen molar-refractivity contribution in [1.82, 2.24) is 4.57 Å². The van der Waals surface area contributed by atoms with E-state index in [1.165, 1.54) is 4.57 Å². The third kappa shape index (κ3) is 5.97. The highest BCUT2D eigenvalue weighted by Gasteiger charge is 2.36. The Hall–Kier alpha value is -6.61. The number of rotatable bonds is 9. The average molecular weight is 693 g/mol. The first kappa shape index (κ1) is 32.0. The molecular formula is C35H24N4O10S. The van der Waals surface area contributed by atoms with E-state index >= 15 is 0 Å². The number of thiazole rings is 1. The molecule has 4 aromatic carbocycles. The maximum absolute atomic E-state index is 14.2. The molecule has 0 radical (unpaired) electrons. The van der Waals surface area contributed by atoms with Gasteiger partial charge in [0, 0.05) is 11.6 Å². The third-order valence-electron chi connectivity index (χ3n) is 7.84. The van der Waals surface area contributed by atoms with Crippen LogP contribution in [0.15, 0.2) is 106 Å². The van der Waals surface area contributed by atoms with E-state index in [4.69, 9.17) is 23.9 Å². The zero-order valence-corrected chi connectivity index (χ0v) is 26.8. The Kier molecular flexibility index (Phi) is 8.39. The summed E-state index contributed by atoms with van der Waals surface area (Å²) in [5, 5.41) is 22.6. The van der Waals surface area contributed by atoms with E-state index in [9.17, 15) is 29.8 Å². The fourth-order valence-electron chi connectivity index (χ4n) is 5.60. The topological polar surface area (TPSA) is 175 Å². The number of carbonyl (C=O) groups is 1. The van der Waals surface area contributed by atoms with Gasteiger partial charge in [-0.1, -0.05) is 59.9 Å². The molecule has 15 heteroatoms. The van der Waals surface area contributed by atoms with E-state index in [1.807, 2.05) is 30.3 Å². The second-order valence-corrected chi connectivity index (χ2v) is 11.9. The molecule has 0 spiro atoms. The van der Waals surface area contributed by atoms with Gasteiger partial charge in [0.25, 0.3) is 11.2 Å². The Morgan fingerprint density at radius 2 is 1.74 bits per heavy atom. The molecule has 0 aliphatic carbocycles. The van der Waals surface area contributed by atoms with Crippen LogP contribution in [0.1, 0.15) is 29.7 Å². The van der Waals surface area contributed by atoms with Gasteiger partial charge in [-0.2, -0.15) is 0 Å². The van der Waals surface area contributed by atoms with Crippen LogP contribution in [0.5, 0.6) is 23.0 Å². The van der Waals surface area contributed by atoms with Gasteiger partial charge in [0.05, 0.1) is 44.4 Å². The van der Waals surface area contributed by atoms with Gasteiger partial charge in [0.2, 0.25) is 12.5 Å². The molecule has 5 aromatic rings. The first-order valence-corrected chi connectivity index (χ1v) is 15.9. The van der Waals surface area contributed by atoms with Gasteiger partial charge in [-0.3, -0.25) is 29.6 Å². The van der Waals surface area contributed by atoms with Crippen molar-refractivity contribution in [3.63, 3.8) is 0 Å². The van der Waals surface area contributed by atoms with Crippen molar-refractivity contribution < 1.29 is 33.6 Å². The highest BCUT2D eigenvalue weighted by molar-refractivity contribution is 7.07. The lowest BCUT2D eigenvalue weighted by Crippen LogP contribution is -2.40. The van der Waals surface area contributed by atoms with Crippen molar-refractivity contribution >= 4 is 40.5 Å². The molecule has 50 heavy (non-hydrogen) atoms. The number of nitrogens with zero attached hydrogens (tertiary/aromatic N) is 4. The number of carbonyl (C=O) groups excluding carboxylic acids is 1. The summed E-state index contributed by atoms with van der Waals surface area (Å²) >= 11 is 1.15. The molecule has 0 saturated carbocycles. The number of hydrogen-bond acceptors (Lipinski definition) is 12. The molecule has 1 atom stereocenters. The number of nitro benzene ring substituents is 2. The number of benzene rings is 4. The number of nitro groups is 2. The van der Waals surface area contributed by atoms with Gasteiger partial charge in [-0.05, 0) is 54.5 Å². The standard InChI is InChI=1S/C35H24N4O10S/c1-2-46-34(41)30-31(21-6-4-3-5-7-21)36-35-37(32(30)22-10-14-27-28(17-22)48-19-47-27)33(40)29(50-35)16-20-8-12-24(13-9-20)49-26-15-11-23(38(42)43)18-25(26)39(44)45/h3-18,32H,2,19H2,1H3/b29-16-/t32-/m0/s1. The van der Waals surface area contributed by atoms with Crippen LogP contribution in [0.4, 0.5) is 11.4 Å². The van der Waals surface area contributed by atoms with E-state index in [0.717, 1.165) is 29.5 Å². The monoisotopic (exact) mass is 692 g/mol. The highest BCUT2D eigenvalue weighted by atomic mass is 32.1. The zero-order chi connectivity index (χ0) is 34.9. The van der Waals surface area contributed by atoms with Gasteiger partial charge in [-0.15, -0.1) is 0 Å². The third-order valence-corrected chi connectivity index (χ3v) is 8.82. The summed E-state index contributed by atoms with van der Waals surface area (Å²) in [6.45, 7) is 1.86. The Morgan fingerprint density at radius 3 is 2.46 bits per heavy atom. The summed E-state index contributed by atoms with van der Waals surface area (Å²) in [6, 6.07) is 23.0. The predicted molar refractivity (Wildman–Crippen MR) is 180 cm³/mol. The van der Waals surface area contributed by atoms with Crippen LogP contribution in [0.25, 0.3) is 11.8 Å². The number of fused-ring (bicyclic) bond motifs is 2. The van der Waals surface area contributed by atoms with Gasteiger partial charge in [-0.25, -0.2) is 9.79 Å². The van der Waals surface area contributed by atoms with Crippen molar-refractivity contribution in [2.45, 2.75) is 13.0 Å². The van der Waals surface area contributed by atoms with Crippen LogP contribution in [0.2, 0.25) is 0 Å². The Bertz CT molecular complexity index is 2400. The van der Waals surface area contributed by atoms with Crippen LogP contribution in [-0.2, 0) is 9.53 Å². The largest absolute Gasteiger partial charge is 0.463 e. The number of aromatic nitrogens is 1. The minimum atomic E-state index is -0.912. The second kappa shape index (κ2) is 13.1. The van der Waals surface area contributed by atoms with Gasteiger partial charge in [0.15, 0.2) is 16.3 Å². The zero-order valence-electron chi connectivity index (χ0n) is 26.0. The van der Waals surface area contributed by atoms with Crippen molar-refractivity contribution in [3.8, 4) is 23.0 Å². The van der Waals surface area contributed by atoms with Gasteiger partial charge >= 0.3 is 11.7 Å². The molecule has 250 valence electrons. The van der Waals surface area contributed by atoms with Gasteiger partial charge in [0.1, 0.15) is 5.75 Å². The SMILES string of the molecule is CCOC(=O)C1=C(c2ccccc2)N=c2s/c(=C\c3ccc(Oc4ccc([N+](=O)[O-])cc4[N+](=O)[O-])cc3)c(=O)n2[C@H]1c1ccc2c(c1)OCO2. The summed E-state index contributed by atoms with van der Waals surface area (Å²) in [5.41, 5.74) is 1.04. The Labute approximate surface area is 285 Å². The van der Waals surface area contributed by atoms with Crippen LogP contribution >= 0.6 is 11.3 Å². The van der Waals surface area contributed by atoms with Crippen LogP contribution < -0.4 is 29.1 Å². The lowest BCUT2D eigenvalue weighted by molar-refractivity contribution is -0.394. The number of non-ortho nitro benzene ring substituents is 1. The Balaban J connectivity index is 1.32. The summed E-state index contributed by atoms with van der Waals surface area (Å²) < 4.78 is 24.1. The lowest BCUT2D eigenvalue weighted by Gasteiger charge is -2.26. The number of esters is 1. The predicted octanol–water partition coefficient (Wildman–Crippen LogP) is 5.27. The fourth-order valence-corrected chi connectivity index (χ4v) is 6.60. The fraction of sp³-hybridized carbons (Fsp3) is 0.114. The van der Waals surface area contributed by atoms with Gasteiger partial charge < -0.3 is 18.9 Å². The average Bonchev–Trinajstić information content (AvgIpc) is 3.72. The maximum Gasteiger partial charge on any atom is 0.338 e. The lowest BCUT2D eigenvalue weighted by atomic mass is 9.93. The van der Waals surface area contributed by atoms with Crippen LogP contribution in [-0.4, -0.2) is 33.8 Å². The first-order valence-electron chi connectivity index (χ1n) is 15.1. The first-order chi connectivity index (χ1) is 24.2. The molecule has 1 aromatic heterocycles. The van der Waals surface area contributed by atoms with Crippen molar-refractivity contribution in [1.29, 1.82) is 0 Å². The number of hydrogen-bond donors (Lipinski definition) is 0. The van der Waals surface area contributed by atoms with E-state index in [2.05, 4.69) is 0 Å². The molecule has 2 aliphatic rings. The molecule has 3 heterocycles. The molecule has 2 aliphatic heterocycles. The minimum Gasteiger partial charge on any atom is -0.463 e. The molecule has 0 amide bonds. The smallest absolute Gasteiger partial charge is 0.338 e. The van der Waals surface area contributed by atoms with Crippen molar-refractivity contribution in [3.05, 3.63) is 153 Å². The summed E-state index contributed by atoms with van der Waals surface area (Å²) in [6.07, 6.45) is 1.66. The molecule has 0 fully saturated rings. The highest BCUT2D eigenvalue weighted by Crippen LogP contribution is 2.40. The van der Waals surface area contributed by atoms with Crippen molar-refractivity contribution in [2.75, 3.05) is 13.4 Å². The molecule has 0 unspecified atom stereocenters. The van der Waals surface area contributed by atoms with E-state index < -0.39 is 38.8 Å². The molecular weight excluding hydrogens is 668 g/mol. The molecule has 0 bridgehead atoms. The quantitative estimate of drug-likeness (QED) is 0.112. The normalized spacial score (nSPS) is 14.9. The van der Waals surface area contributed by atoms with Crippen LogP contribution in [0, 0.1) is 20.2 Å². The van der Waals surface area contributed by atoms with E-state index in [0.29, 0.717) is 43.2 Å². The van der Waals surface area contributed by atoms with Crippen molar-refractivity contribution in [2.24, 2.45) is 4.99 Å². The summed E-state index contributed by atoms with van der Waals surface area (Å²) in [5.74, 6) is 0.469. The van der Waals surface area contributed by atoms with E-state index in [-0.39, 0.29) is 30.5 Å². The molecule has 14 nitrogen and oxygen atoms in total. The second-order valence-electron chi connectivity index (χ2n) is 10.9. The summed E-state index contributed by atoms with van der Waals surface area (Å²) in [4.78, 5) is 54.2. The summed E-state index contributed by atoms with van der Waals surface area (Å²) in [7, 11) is 0. The molecule has 0 N–H and O–H groups in total. The molecule has 0 saturated heterocycles. The Morgan fingerprint density at radius 1 is 0.980 bits per heavy atom. The molecule has 7 rings (SSSR count). The van der Waals surface area contributed by atoms with Crippen LogP contribution in [0.3, 0.4) is 0 Å². The number of ether oxygens (including phenoxy) is 4. The van der Waals surface area contributed by atoms with E-state index in [1.54, 1.807) is 55.5 Å². The minimum absolute atomic E-state index is 0.0476.